The maximum atomic E-state index is 11.3. The van der Waals surface area contributed by atoms with Crippen molar-refractivity contribution in [2.75, 3.05) is 28.7 Å². The predicted molar refractivity (Wildman–Crippen MR) is 80.1 cm³/mol. The zero-order valence-corrected chi connectivity index (χ0v) is 12.4. The molecule has 2 rings (SSSR count). The van der Waals surface area contributed by atoms with Crippen molar-refractivity contribution in [1.82, 2.24) is 9.97 Å². The van der Waals surface area contributed by atoms with Gasteiger partial charge in [0.05, 0.1) is 0 Å². The first-order valence-corrected chi connectivity index (χ1v) is 8.43. The second-order valence-corrected chi connectivity index (χ2v) is 6.40. The molecule has 1 fully saturated rings. The largest absolute Gasteiger partial charge is 0.370 e. The molecule has 19 heavy (non-hydrogen) atoms. The molecule has 0 aromatic carbocycles. The third-order valence-electron chi connectivity index (χ3n) is 3.19. The van der Waals surface area contributed by atoms with Gasteiger partial charge >= 0.3 is 0 Å². The monoisotopic (exact) mass is 282 g/mol. The lowest BCUT2D eigenvalue weighted by molar-refractivity contribution is 0.622. The smallest absolute Gasteiger partial charge is 0.132 e. The quantitative estimate of drug-likeness (QED) is 0.862. The van der Waals surface area contributed by atoms with E-state index in [4.69, 9.17) is 0 Å². The first kappa shape index (κ1) is 14.2. The molecule has 1 aliphatic rings. The molecule has 0 unspecified atom stereocenters. The van der Waals surface area contributed by atoms with Crippen LogP contribution in [0.25, 0.3) is 0 Å². The third kappa shape index (κ3) is 4.16. The van der Waals surface area contributed by atoms with Gasteiger partial charge in [0, 0.05) is 47.4 Å². The number of anilines is 2. The van der Waals surface area contributed by atoms with Crippen LogP contribution < -0.4 is 10.6 Å². The minimum atomic E-state index is -0.617. The van der Waals surface area contributed by atoms with Crippen LogP contribution in [-0.2, 0) is 17.2 Å². The van der Waals surface area contributed by atoms with E-state index in [-0.39, 0.29) is 0 Å². The van der Waals surface area contributed by atoms with E-state index in [1.807, 2.05) is 6.07 Å². The molecule has 0 aliphatic carbocycles. The van der Waals surface area contributed by atoms with Crippen LogP contribution in [0, 0.1) is 0 Å². The highest BCUT2D eigenvalue weighted by molar-refractivity contribution is 7.85. The zero-order chi connectivity index (χ0) is 13.7. The van der Waals surface area contributed by atoms with E-state index in [2.05, 4.69) is 34.4 Å². The van der Waals surface area contributed by atoms with Crippen molar-refractivity contribution < 1.29 is 4.21 Å². The van der Waals surface area contributed by atoms with Crippen molar-refractivity contribution in [2.24, 2.45) is 0 Å². The Labute approximate surface area is 117 Å². The molecule has 2 heterocycles. The van der Waals surface area contributed by atoms with Crippen molar-refractivity contribution in [1.29, 1.82) is 0 Å². The average Bonchev–Trinajstić information content (AvgIpc) is 2.41. The Hall–Kier alpha value is -1.17. The van der Waals surface area contributed by atoms with Crippen LogP contribution >= 0.6 is 0 Å². The van der Waals surface area contributed by atoms with Gasteiger partial charge in [0.2, 0.25) is 0 Å². The molecule has 1 saturated heterocycles. The van der Waals surface area contributed by atoms with Crippen LogP contribution in [-0.4, -0.2) is 38.3 Å². The normalized spacial score (nSPS) is 23.1. The van der Waals surface area contributed by atoms with Crippen LogP contribution in [0.15, 0.2) is 6.07 Å². The second kappa shape index (κ2) is 6.84. The van der Waals surface area contributed by atoms with Gasteiger partial charge in [0.15, 0.2) is 0 Å². The standard InChI is InChI=1S/C13H22N4OS/c1-3-11-16-12(14-4-2)9-13(17-11)15-10-5-7-19(18)8-6-10/h9-10H,3-8H2,1-2H3,(H2,14,15,16,17). The summed E-state index contributed by atoms with van der Waals surface area (Å²) in [6, 6.07) is 2.33. The SMILES string of the molecule is CCNc1cc(NC2CCS(=O)CC2)nc(CC)n1. The molecule has 0 amide bonds. The van der Waals surface area contributed by atoms with Crippen LogP contribution in [0.5, 0.6) is 0 Å². The topological polar surface area (TPSA) is 66.9 Å². The van der Waals surface area contributed by atoms with Gasteiger partial charge in [0.25, 0.3) is 0 Å². The van der Waals surface area contributed by atoms with Gasteiger partial charge in [-0.2, -0.15) is 0 Å². The van der Waals surface area contributed by atoms with E-state index in [1.54, 1.807) is 0 Å². The summed E-state index contributed by atoms with van der Waals surface area (Å²) in [4.78, 5) is 8.95. The molecule has 0 saturated carbocycles. The average molecular weight is 282 g/mol. The Morgan fingerprint density at radius 3 is 2.58 bits per heavy atom. The summed E-state index contributed by atoms with van der Waals surface area (Å²) in [5.74, 6) is 4.18. The van der Waals surface area contributed by atoms with E-state index in [0.29, 0.717) is 6.04 Å². The number of aryl methyl sites for hydroxylation is 1. The summed E-state index contributed by atoms with van der Waals surface area (Å²) >= 11 is 0. The van der Waals surface area contributed by atoms with Gasteiger partial charge in [-0.3, -0.25) is 4.21 Å². The second-order valence-electron chi connectivity index (χ2n) is 4.71. The molecule has 0 radical (unpaired) electrons. The maximum absolute atomic E-state index is 11.3. The predicted octanol–water partition coefficient (Wildman–Crippen LogP) is 1.79. The molecule has 1 aromatic heterocycles. The van der Waals surface area contributed by atoms with Gasteiger partial charge in [-0.1, -0.05) is 6.92 Å². The van der Waals surface area contributed by atoms with E-state index < -0.39 is 10.8 Å². The fraction of sp³-hybridized carbons (Fsp3) is 0.692. The van der Waals surface area contributed by atoms with E-state index in [9.17, 15) is 4.21 Å². The van der Waals surface area contributed by atoms with Crippen LogP contribution in [0.4, 0.5) is 11.6 Å². The number of rotatable bonds is 5. The lowest BCUT2D eigenvalue weighted by Crippen LogP contribution is -2.29. The summed E-state index contributed by atoms with van der Waals surface area (Å²) < 4.78 is 11.3. The summed E-state index contributed by atoms with van der Waals surface area (Å²) in [5.41, 5.74) is 0. The molecule has 1 aliphatic heterocycles. The third-order valence-corrected chi connectivity index (χ3v) is 4.57. The minimum absolute atomic E-state index is 0.381. The number of nitrogens with zero attached hydrogens (tertiary/aromatic N) is 2. The number of hydrogen-bond acceptors (Lipinski definition) is 5. The number of hydrogen-bond donors (Lipinski definition) is 2. The van der Waals surface area contributed by atoms with Crippen molar-refractivity contribution >= 4 is 22.4 Å². The molecule has 0 spiro atoms. The van der Waals surface area contributed by atoms with Crippen molar-refractivity contribution in [3.63, 3.8) is 0 Å². The highest BCUT2D eigenvalue weighted by Crippen LogP contribution is 2.17. The molecule has 106 valence electrons. The first-order chi connectivity index (χ1) is 9.21. The minimum Gasteiger partial charge on any atom is -0.370 e. The molecular formula is C13H22N4OS. The fourth-order valence-electron chi connectivity index (χ4n) is 2.15. The molecule has 0 bridgehead atoms. The maximum Gasteiger partial charge on any atom is 0.132 e. The Morgan fingerprint density at radius 2 is 1.95 bits per heavy atom. The van der Waals surface area contributed by atoms with Gasteiger partial charge in [0.1, 0.15) is 17.5 Å². The van der Waals surface area contributed by atoms with Gasteiger partial charge in [-0.15, -0.1) is 0 Å². The van der Waals surface area contributed by atoms with E-state index >= 15 is 0 Å². The molecule has 1 aromatic rings. The van der Waals surface area contributed by atoms with Crippen LogP contribution in [0.3, 0.4) is 0 Å². The molecule has 2 N–H and O–H groups in total. The van der Waals surface area contributed by atoms with E-state index in [0.717, 1.165) is 54.8 Å². The summed E-state index contributed by atoms with van der Waals surface area (Å²) in [7, 11) is -0.617. The summed E-state index contributed by atoms with van der Waals surface area (Å²) in [5, 5.41) is 6.68. The van der Waals surface area contributed by atoms with Crippen molar-refractivity contribution in [3.05, 3.63) is 11.9 Å². The fourth-order valence-corrected chi connectivity index (χ4v) is 3.45. The highest BCUT2D eigenvalue weighted by Gasteiger charge is 2.18. The Morgan fingerprint density at radius 1 is 1.26 bits per heavy atom. The van der Waals surface area contributed by atoms with Crippen molar-refractivity contribution in [3.8, 4) is 0 Å². The molecule has 6 heteroatoms. The Kier molecular flexibility index (Phi) is 5.13. The van der Waals surface area contributed by atoms with Crippen molar-refractivity contribution in [2.45, 2.75) is 39.2 Å². The van der Waals surface area contributed by atoms with Crippen LogP contribution in [0.1, 0.15) is 32.5 Å². The van der Waals surface area contributed by atoms with E-state index in [1.165, 1.54) is 0 Å². The summed E-state index contributed by atoms with van der Waals surface area (Å²) in [6.07, 6.45) is 2.73. The Balaban J connectivity index is 2.06. The molecular weight excluding hydrogens is 260 g/mol. The summed E-state index contributed by atoms with van der Waals surface area (Å²) in [6.45, 7) is 4.96. The zero-order valence-electron chi connectivity index (χ0n) is 11.6. The lowest BCUT2D eigenvalue weighted by Gasteiger charge is -2.23. The lowest BCUT2D eigenvalue weighted by atomic mass is 10.1. The van der Waals surface area contributed by atoms with Gasteiger partial charge in [-0.25, -0.2) is 9.97 Å². The number of aromatic nitrogens is 2. The van der Waals surface area contributed by atoms with Gasteiger partial charge < -0.3 is 10.6 Å². The van der Waals surface area contributed by atoms with Crippen LogP contribution in [0.2, 0.25) is 0 Å². The number of nitrogens with one attached hydrogen (secondary N) is 2. The molecule has 0 atom stereocenters. The molecule has 5 nitrogen and oxygen atoms in total. The first-order valence-electron chi connectivity index (χ1n) is 6.94. The van der Waals surface area contributed by atoms with Gasteiger partial charge in [-0.05, 0) is 19.8 Å². The Bertz CT molecular complexity index is 442. The highest BCUT2D eigenvalue weighted by atomic mass is 32.2.